The van der Waals surface area contributed by atoms with E-state index in [1.165, 1.54) is 0 Å². The molecule has 0 bridgehead atoms. The number of hydrogen-bond acceptors (Lipinski definition) is 4. The van der Waals surface area contributed by atoms with Crippen LogP contribution in [0.3, 0.4) is 0 Å². The fourth-order valence-electron chi connectivity index (χ4n) is 1.59. The molecule has 0 aliphatic carbocycles. The summed E-state index contributed by atoms with van der Waals surface area (Å²) >= 11 is 0. The highest BCUT2D eigenvalue weighted by atomic mass is 16.5. The van der Waals surface area contributed by atoms with Crippen LogP contribution < -0.4 is 10.3 Å². The van der Waals surface area contributed by atoms with E-state index < -0.39 is 0 Å². The van der Waals surface area contributed by atoms with Crippen molar-refractivity contribution in [1.29, 1.82) is 0 Å². The second-order valence-electron chi connectivity index (χ2n) is 3.74. The predicted octanol–water partition coefficient (Wildman–Crippen LogP) is 1.46. The van der Waals surface area contributed by atoms with Crippen LogP contribution in [-0.4, -0.2) is 22.1 Å². The first-order chi connectivity index (χ1) is 8.11. The second kappa shape index (κ2) is 4.37. The molecule has 2 rings (SSSR count). The molecule has 5 heteroatoms. The molecular weight excluding hydrogens is 218 g/mol. The largest absolute Gasteiger partial charge is 0.495 e. The Labute approximate surface area is 98.5 Å². The van der Waals surface area contributed by atoms with Crippen LogP contribution in [0.25, 0.3) is 11.3 Å². The Balaban J connectivity index is 2.63. The third-order valence-corrected chi connectivity index (χ3v) is 2.49. The summed E-state index contributed by atoms with van der Waals surface area (Å²) in [6, 6.07) is 1.81. The first kappa shape index (κ1) is 11.3. The summed E-state index contributed by atoms with van der Waals surface area (Å²) in [5, 5.41) is 0. The fraction of sp³-hybridized carbons (Fsp3) is 0.250. The van der Waals surface area contributed by atoms with Crippen molar-refractivity contribution < 1.29 is 4.74 Å². The van der Waals surface area contributed by atoms with E-state index in [1.807, 2.05) is 0 Å². The molecule has 17 heavy (non-hydrogen) atoms. The van der Waals surface area contributed by atoms with Crippen molar-refractivity contribution in [3.63, 3.8) is 0 Å². The number of ether oxygens (including phenoxy) is 1. The molecule has 0 saturated carbocycles. The van der Waals surface area contributed by atoms with Gasteiger partial charge < -0.3 is 9.72 Å². The van der Waals surface area contributed by atoms with Gasteiger partial charge in [0.25, 0.3) is 5.56 Å². The van der Waals surface area contributed by atoms with Gasteiger partial charge in [0.05, 0.1) is 19.0 Å². The molecule has 1 N–H and O–H groups in total. The smallest absolute Gasteiger partial charge is 0.254 e. The van der Waals surface area contributed by atoms with Crippen LogP contribution in [0.5, 0.6) is 5.75 Å². The van der Waals surface area contributed by atoms with E-state index in [0.717, 1.165) is 5.56 Å². The fourth-order valence-corrected chi connectivity index (χ4v) is 1.59. The van der Waals surface area contributed by atoms with Gasteiger partial charge >= 0.3 is 0 Å². The SMILES string of the molecule is COc1cncc(-c2nc(C)[nH]c(=O)c2C)c1. The predicted molar refractivity (Wildman–Crippen MR) is 64.1 cm³/mol. The van der Waals surface area contributed by atoms with Gasteiger partial charge in [0.15, 0.2) is 0 Å². The standard InChI is InChI=1S/C12H13N3O2/c1-7-11(14-8(2)15-12(7)16)9-4-10(17-3)6-13-5-9/h4-6H,1-3H3,(H,14,15,16). The number of aromatic nitrogens is 3. The summed E-state index contributed by atoms with van der Waals surface area (Å²) in [6.45, 7) is 3.48. The summed E-state index contributed by atoms with van der Waals surface area (Å²) in [6.07, 6.45) is 3.27. The monoisotopic (exact) mass is 231 g/mol. The Bertz CT molecular complexity index is 605. The molecule has 0 aliphatic heterocycles. The molecule has 0 spiro atoms. The average molecular weight is 231 g/mol. The van der Waals surface area contributed by atoms with Gasteiger partial charge in [0.2, 0.25) is 0 Å². The lowest BCUT2D eigenvalue weighted by atomic mass is 10.1. The highest BCUT2D eigenvalue weighted by Gasteiger charge is 2.09. The number of pyridine rings is 1. The van der Waals surface area contributed by atoms with E-state index in [1.54, 1.807) is 39.4 Å². The van der Waals surface area contributed by atoms with Gasteiger partial charge in [-0.3, -0.25) is 9.78 Å². The van der Waals surface area contributed by atoms with Gasteiger partial charge in [-0.05, 0) is 19.9 Å². The first-order valence-corrected chi connectivity index (χ1v) is 5.18. The average Bonchev–Trinajstić information content (AvgIpc) is 2.34. The molecule has 0 aromatic carbocycles. The quantitative estimate of drug-likeness (QED) is 0.849. The lowest BCUT2D eigenvalue weighted by Crippen LogP contribution is -2.14. The molecule has 0 radical (unpaired) electrons. The highest BCUT2D eigenvalue weighted by Crippen LogP contribution is 2.21. The Hall–Kier alpha value is -2.17. The number of aryl methyl sites for hydroxylation is 1. The van der Waals surface area contributed by atoms with Gasteiger partial charge in [-0.1, -0.05) is 0 Å². The summed E-state index contributed by atoms with van der Waals surface area (Å²) in [5.74, 6) is 1.22. The van der Waals surface area contributed by atoms with E-state index in [4.69, 9.17) is 4.74 Å². The maximum absolute atomic E-state index is 11.6. The molecule has 0 fully saturated rings. The summed E-state index contributed by atoms with van der Waals surface area (Å²) in [4.78, 5) is 22.7. The van der Waals surface area contributed by atoms with Crippen LogP contribution in [0.4, 0.5) is 0 Å². The van der Waals surface area contributed by atoms with Crippen molar-refractivity contribution in [2.24, 2.45) is 0 Å². The van der Waals surface area contributed by atoms with Crippen LogP contribution in [0.15, 0.2) is 23.3 Å². The molecule has 0 atom stereocenters. The van der Waals surface area contributed by atoms with Gasteiger partial charge in [-0.25, -0.2) is 4.98 Å². The lowest BCUT2D eigenvalue weighted by molar-refractivity contribution is 0.413. The Morgan fingerprint density at radius 3 is 2.76 bits per heavy atom. The van der Waals surface area contributed by atoms with Gasteiger partial charge in [0.1, 0.15) is 11.6 Å². The molecule has 5 nitrogen and oxygen atoms in total. The van der Waals surface area contributed by atoms with E-state index in [-0.39, 0.29) is 5.56 Å². The van der Waals surface area contributed by atoms with Crippen molar-refractivity contribution >= 4 is 0 Å². The number of nitrogens with one attached hydrogen (secondary N) is 1. The van der Waals surface area contributed by atoms with E-state index in [9.17, 15) is 4.79 Å². The van der Waals surface area contributed by atoms with Crippen LogP contribution in [0.1, 0.15) is 11.4 Å². The zero-order valence-corrected chi connectivity index (χ0v) is 9.94. The second-order valence-corrected chi connectivity index (χ2v) is 3.74. The van der Waals surface area contributed by atoms with Gasteiger partial charge in [-0.2, -0.15) is 0 Å². The molecule has 0 unspecified atom stereocenters. The molecule has 0 amide bonds. The molecular formula is C12H13N3O2. The highest BCUT2D eigenvalue weighted by molar-refractivity contribution is 5.62. The third-order valence-electron chi connectivity index (χ3n) is 2.49. The van der Waals surface area contributed by atoms with Crippen LogP contribution in [-0.2, 0) is 0 Å². The van der Waals surface area contributed by atoms with Crippen molar-refractivity contribution in [2.45, 2.75) is 13.8 Å². The van der Waals surface area contributed by atoms with Crippen LogP contribution in [0, 0.1) is 13.8 Å². The molecule has 2 heterocycles. The summed E-state index contributed by atoms with van der Waals surface area (Å²) < 4.78 is 5.10. The minimum atomic E-state index is -0.129. The molecule has 2 aromatic heterocycles. The number of H-pyrrole nitrogens is 1. The van der Waals surface area contributed by atoms with E-state index in [0.29, 0.717) is 22.8 Å². The van der Waals surface area contributed by atoms with E-state index in [2.05, 4.69) is 15.0 Å². The lowest BCUT2D eigenvalue weighted by Gasteiger charge is -2.06. The minimum absolute atomic E-state index is 0.129. The maximum atomic E-state index is 11.6. The molecule has 2 aromatic rings. The van der Waals surface area contributed by atoms with Gasteiger partial charge in [0, 0.05) is 17.3 Å². The number of aromatic amines is 1. The minimum Gasteiger partial charge on any atom is -0.495 e. The Kier molecular flexibility index (Phi) is 2.91. The van der Waals surface area contributed by atoms with Crippen LogP contribution in [0.2, 0.25) is 0 Å². The zero-order chi connectivity index (χ0) is 12.4. The van der Waals surface area contributed by atoms with E-state index >= 15 is 0 Å². The van der Waals surface area contributed by atoms with Gasteiger partial charge in [-0.15, -0.1) is 0 Å². The number of nitrogens with zero attached hydrogens (tertiary/aromatic N) is 2. The maximum Gasteiger partial charge on any atom is 0.254 e. The zero-order valence-electron chi connectivity index (χ0n) is 9.94. The molecule has 0 aliphatic rings. The van der Waals surface area contributed by atoms with Crippen molar-refractivity contribution in [1.82, 2.24) is 15.0 Å². The summed E-state index contributed by atoms with van der Waals surface area (Å²) in [7, 11) is 1.57. The van der Waals surface area contributed by atoms with Crippen LogP contribution >= 0.6 is 0 Å². The topological polar surface area (TPSA) is 67.9 Å². The Morgan fingerprint density at radius 1 is 1.29 bits per heavy atom. The third kappa shape index (κ3) is 2.18. The summed E-state index contributed by atoms with van der Waals surface area (Å²) in [5.41, 5.74) is 1.86. The first-order valence-electron chi connectivity index (χ1n) is 5.18. The van der Waals surface area contributed by atoms with Crippen molar-refractivity contribution in [3.8, 4) is 17.0 Å². The van der Waals surface area contributed by atoms with Crippen molar-refractivity contribution in [3.05, 3.63) is 40.2 Å². The molecule has 88 valence electrons. The number of hydrogen-bond donors (Lipinski definition) is 1. The Morgan fingerprint density at radius 2 is 2.06 bits per heavy atom. The van der Waals surface area contributed by atoms with Crippen molar-refractivity contribution in [2.75, 3.05) is 7.11 Å². The number of methoxy groups -OCH3 is 1. The molecule has 0 saturated heterocycles. The normalized spacial score (nSPS) is 10.3. The number of rotatable bonds is 2.